The number of nitrogens with zero attached hydrogens (tertiary/aromatic N) is 3. The highest BCUT2D eigenvalue weighted by Gasteiger charge is 2.61. The minimum Gasteiger partial charge on any atom is -0.497 e. The fraction of sp³-hybridized carbons (Fsp3) is 0.465. The van der Waals surface area contributed by atoms with Crippen molar-refractivity contribution in [1.82, 2.24) is 19.6 Å². The van der Waals surface area contributed by atoms with Gasteiger partial charge in [0.15, 0.2) is 5.78 Å². The maximum absolute atomic E-state index is 15.0. The first kappa shape index (κ1) is 42.4. The van der Waals surface area contributed by atoms with Crippen LogP contribution >= 0.6 is 22.9 Å². The standard InChI is InChI=1S/C43H49ClN4O9S2/c1-8-24-19-43(24,41(51)47-59(52,53)28-11-12-28)20-35(49)34-17-27(57-39-30-15-25(44)9-13-29(30)37(56-7)21-45-39)22-48(34)40(50)32(42(2,3)4)18-38-46-33(23-58-38)31-16-26(54-5)10-14-36(31)55-6/h8-10,13-16,21,23-24,27-28,32,34H,1,11-12,17-20,22H2,2-7H3,(H,47,51)/t24-,27-,32-,34+,43-/m1/s1. The van der Waals surface area contributed by atoms with Gasteiger partial charge in [-0.15, -0.1) is 17.9 Å². The second kappa shape index (κ2) is 16.4. The molecule has 2 amide bonds. The predicted octanol–water partition coefficient (Wildman–Crippen LogP) is 7.05. The van der Waals surface area contributed by atoms with Crippen LogP contribution in [0.25, 0.3) is 22.0 Å². The number of amides is 2. The smallest absolute Gasteiger partial charge is 0.240 e. The number of benzene rings is 2. The van der Waals surface area contributed by atoms with E-state index in [9.17, 15) is 18.0 Å². The van der Waals surface area contributed by atoms with Crippen molar-refractivity contribution < 1.29 is 41.7 Å². The SMILES string of the molecule is C=C[C@@H]1C[C@]1(CC(=O)[C@@H]1C[C@@H](Oc2ncc(OC)c3ccc(Cl)cc23)CN1C(=O)[C@@H](Cc1nc(-c2cc(OC)ccc2OC)cs1)C(C)(C)C)C(=O)NS(=O)(=O)C1CC1. The van der Waals surface area contributed by atoms with E-state index >= 15 is 4.79 Å². The van der Waals surface area contributed by atoms with Crippen molar-refractivity contribution in [2.24, 2.45) is 22.7 Å². The van der Waals surface area contributed by atoms with Gasteiger partial charge in [-0.3, -0.25) is 19.1 Å². The highest BCUT2D eigenvalue weighted by molar-refractivity contribution is 7.90. The molecular weight excluding hydrogens is 816 g/mol. The fourth-order valence-corrected chi connectivity index (χ4v) is 10.4. The number of aromatic nitrogens is 2. The van der Waals surface area contributed by atoms with Crippen molar-refractivity contribution in [3.05, 3.63) is 70.7 Å². The van der Waals surface area contributed by atoms with Crippen molar-refractivity contribution in [1.29, 1.82) is 0 Å². The predicted molar refractivity (Wildman–Crippen MR) is 226 cm³/mol. The molecule has 3 heterocycles. The Balaban J connectivity index is 1.20. The minimum absolute atomic E-state index is 0.0574. The van der Waals surface area contributed by atoms with Gasteiger partial charge >= 0.3 is 0 Å². The number of nitrogens with one attached hydrogen (secondary N) is 1. The molecule has 0 bridgehead atoms. The number of sulfonamides is 1. The Labute approximate surface area is 353 Å². The highest BCUT2D eigenvalue weighted by atomic mass is 35.5. The summed E-state index contributed by atoms with van der Waals surface area (Å²) in [5, 5.41) is 3.81. The molecule has 1 N–H and O–H groups in total. The molecule has 3 fully saturated rings. The Morgan fingerprint density at radius 1 is 1.07 bits per heavy atom. The number of pyridine rings is 1. The summed E-state index contributed by atoms with van der Waals surface area (Å²) in [7, 11) is 0.856. The van der Waals surface area contributed by atoms with Gasteiger partial charge in [0.1, 0.15) is 23.4 Å². The summed E-state index contributed by atoms with van der Waals surface area (Å²) in [6, 6.07) is 9.77. The summed E-state index contributed by atoms with van der Waals surface area (Å²) in [5.41, 5.74) is -0.437. The lowest BCUT2D eigenvalue weighted by Gasteiger charge is -2.35. The largest absolute Gasteiger partial charge is 0.497 e. The van der Waals surface area contributed by atoms with Gasteiger partial charge in [-0.1, -0.05) is 38.4 Å². The average Bonchev–Trinajstić information content (AvgIpc) is 4.10. The summed E-state index contributed by atoms with van der Waals surface area (Å²) < 4.78 is 51.1. The summed E-state index contributed by atoms with van der Waals surface area (Å²) in [6.45, 7) is 9.85. The molecule has 5 atom stereocenters. The Bertz CT molecular complexity index is 2410. The lowest BCUT2D eigenvalue weighted by atomic mass is 9.77. The van der Waals surface area contributed by atoms with Crippen LogP contribution in [0.3, 0.4) is 0 Å². The first-order valence-corrected chi connectivity index (χ1v) is 22.3. The maximum Gasteiger partial charge on any atom is 0.240 e. The molecule has 314 valence electrons. The van der Waals surface area contributed by atoms with Gasteiger partial charge in [-0.05, 0) is 67.0 Å². The Morgan fingerprint density at radius 2 is 1.81 bits per heavy atom. The van der Waals surface area contributed by atoms with Crippen molar-refractivity contribution in [3.8, 4) is 34.4 Å². The van der Waals surface area contributed by atoms with Crippen LogP contribution in [0.1, 0.15) is 57.9 Å². The zero-order chi connectivity index (χ0) is 42.4. The monoisotopic (exact) mass is 864 g/mol. The number of carbonyl (C=O) groups is 3. The second-order valence-corrected chi connectivity index (χ2v) is 20.0. The maximum atomic E-state index is 15.0. The van der Waals surface area contributed by atoms with Crippen molar-refractivity contribution in [3.63, 3.8) is 0 Å². The van der Waals surface area contributed by atoms with E-state index < -0.39 is 56.0 Å². The van der Waals surface area contributed by atoms with Crippen LogP contribution in [0.4, 0.5) is 0 Å². The van der Waals surface area contributed by atoms with Gasteiger partial charge in [-0.2, -0.15) is 0 Å². The van der Waals surface area contributed by atoms with Crippen LogP contribution in [0.5, 0.6) is 23.1 Å². The van der Waals surface area contributed by atoms with Gasteiger partial charge in [0.2, 0.25) is 27.7 Å². The van der Waals surface area contributed by atoms with E-state index in [0.29, 0.717) is 46.2 Å². The van der Waals surface area contributed by atoms with Crippen LogP contribution < -0.4 is 23.7 Å². The Hall–Kier alpha value is -4.73. The van der Waals surface area contributed by atoms with E-state index in [1.165, 1.54) is 11.3 Å². The number of hydrogen-bond donors (Lipinski definition) is 1. The molecule has 2 aromatic heterocycles. The van der Waals surface area contributed by atoms with Crippen LogP contribution in [0.2, 0.25) is 5.02 Å². The van der Waals surface area contributed by atoms with E-state index in [-0.39, 0.29) is 49.8 Å². The van der Waals surface area contributed by atoms with E-state index in [4.69, 9.17) is 35.5 Å². The molecule has 16 heteroatoms. The number of allylic oxidation sites excluding steroid dienone is 1. The molecule has 2 saturated carbocycles. The normalized spacial score (nSPS) is 22.1. The molecule has 1 aliphatic heterocycles. The van der Waals surface area contributed by atoms with Gasteiger partial charge in [0.25, 0.3) is 0 Å². The summed E-state index contributed by atoms with van der Waals surface area (Å²) in [6.07, 6.45) is 3.84. The molecule has 2 aliphatic carbocycles. The molecule has 0 unspecified atom stereocenters. The van der Waals surface area contributed by atoms with Crippen LogP contribution in [0.15, 0.2) is 60.6 Å². The molecule has 0 spiro atoms. The molecule has 3 aliphatic rings. The van der Waals surface area contributed by atoms with Crippen molar-refractivity contribution in [2.75, 3.05) is 27.9 Å². The van der Waals surface area contributed by atoms with Gasteiger partial charge in [0.05, 0.1) is 61.5 Å². The number of fused-ring (bicyclic) bond motifs is 1. The van der Waals surface area contributed by atoms with Crippen LogP contribution in [0, 0.1) is 22.7 Å². The van der Waals surface area contributed by atoms with E-state index in [1.807, 2.05) is 50.4 Å². The summed E-state index contributed by atoms with van der Waals surface area (Å²) in [4.78, 5) is 54.4. The topological polar surface area (TPSA) is 163 Å². The van der Waals surface area contributed by atoms with Crippen LogP contribution in [-0.4, -0.2) is 86.2 Å². The molecule has 13 nitrogen and oxygen atoms in total. The molecule has 1 saturated heterocycles. The second-order valence-electron chi connectivity index (χ2n) is 16.6. The summed E-state index contributed by atoms with van der Waals surface area (Å²) >= 11 is 7.83. The number of thiazole rings is 1. The fourth-order valence-electron chi connectivity index (χ4n) is 8.00. The van der Waals surface area contributed by atoms with E-state index in [0.717, 1.165) is 16.0 Å². The first-order valence-electron chi connectivity index (χ1n) is 19.5. The van der Waals surface area contributed by atoms with Gasteiger partial charge in [0, 0.05) is 51.9 Å². The Kier molecular flexibility index (Phi) is 11.8. The third-order valence-corrected chi connectivity index (χ3v) is 14.6. The molecule has 59 heavy (non-hydrogen) atoms. The molecule has 4 aromatic rings. The number of carbonyl (C=O) groups excluding carboxylic acids is 3. The number of ether oxygens (including phenoxy) is 4. The number of likely N-dealkylation sites (tertiary alicyclic amines) is 1. The number of rotatable bonds is 16. The lowest BCUT2D eigenvalue weighted by molar-refractivity contribution is -0.144. The first-order chi connectivity index (χ1) is 28.0. The lowest BCUT2D eigenvalue weighted by Crippen LogP contribution is -2.48. The third kappa shape index (κ3) is 8.64. The molecule has 2 aromatic carbocycles. The Morgan fingerprint density at radius 3 is 2.46 bits per heavy atom. The number of methoxy groups -OCH3 is 3. The van der Waals surface area contributed by atoms with Gasteiger partial charge in [-0.25, -0.2) is 18.4 Å². The highest BCUT2D eigenvalue weighted by Crippen LogP contribution is 2.57. The van der Waals surface area contributed by atoms with E-state index in [2.05, 4.69) is 16.3 Å². The number of ketones is 1. The zero-order valence-electron chi connectivity index (χ0n) is 34.0. The summed E-state index contributed by atoms with van der Waals surface area (Å²) in [5.74, 6) is -0.296. The molecular formula is C43H49ClN4O9S2. The van der Waals surface area contributed by atoms with Crippen LogP contribution in [-0.2, 0) is 30.8 Å². The van der Waals surface area contributed by atoms with E-state index in [1.54, 1.807) is 50.6 Å². The van der Waals surface area contributed by atoms with Crippen molar-refractivity contribution >= 4 is 61.3 Å². The van der Waals surface area contributed by atoms with Crippen molar-refractivity contribution in [2.45, 2.75) is 76.7 Å². The van der Waals surface area contributed by atoms with Gasteiger partial charge < -0.3 is 23.8 Å². The number of hydrogen-bond acceptors (Lipinski definition) is 12. The third-order valence-electron chi connectivity index (χ3n) is 11.7. The molecule has 0 radical (unpaired) electrons. The zero-order valence-corrected chi connectivity index (χ0v) is 36.3. The number of halogens is 1. The quantitative estimate of drug-likeness (QED) is 0.115. The average molecular weight is 865 g/mol. The number of Topliss-reactive ketones (excluding diaryl/α,β-unsaturated/α-hetero) is 1. The minimum atomic E-state index is -3.86. The molecule has 7 rings (SSSR count).